The maximum absolute atomic E-state index is 5.12. The van der Waals surface area contributed by atoms with E-state index in [1.54, 1.807) is 0 Å². The first-order chi connectivity index (χ1) is 17.4. The highest BCUT2D eigenvalue weighted by Gasteiger charge is 2.15. The molecule has 0 N–H and O–H groups in total. The second kappa shape index (κ2) is 10.1. The van der Waals surface area contributed by atoms with Crippen LogP contribution in [0, 0.1) is 6.92 Å². The monoisotopic (exact) mass is 476 g/mol. The van der Waals surface area contributed by atoms with Gasteiger partial charge in [-0.1, -0.05) is 30.3 Å². The molecule has 0 bridgehead atoms. The van der Waals surface area contributed by atoms with Crippen LogP contribution < -0.4 is 14.7 Å². The van der Waals surface area contributed by atoms with Gasteiger partial charge in [-0.3, -0.25) is 0 Å². The number of pyridine rings is 1. The Labute approximate surface area is 215 Å². The van der Waals surface area contributed by atoms with E-state index in [0.717, 1.165) is 35.6 Å². The Morgan fingerprint density at radius 2 is 1.11 bits per heavy atom. The number of rotatable bonds is 6. The van der Waals surface area contributed by atoms with Gasteiger partial charge in [-0.05, 0) is 85.0 Å². The summed E-state index contributed by atoms with van der Waals surface area (Å²) in [4.78, 5) is 11.9. The van der Waals surface area contributed by atoms with Crippen LogP contribution in [-0.2, 0) is 0 Å². The van der Waals surface area contributed by atoms with Crippen LogP contribution in [0.1, 0.15) is 18.4 Å². The van der Waals surface area contributed by atoms with E-state index in [0.29, 0.717) is 0 Å². The number of aromatic nitrogens is 1. The third-order valence-electron chi connectivity index (χ3n) is 7.18. The van der Waals surface area contributed by atoms with Gasteiger partial charge in [-0.25, -0.2) is 4.98 Å². The van der Waals surface area contributed by atoms with Crippen LogP contribution in [0.5, 0.6) is 0 Å². The van der Waals surface area contributed by atoms with Gasteiger partial charge in [-0.2, -0.15) is 0 Å². The first-order valence-corrected chi connectivity index (χ1v) is 12.8. The van der Waals surface area contributed by atoms with Crippen LogP contribution in [0.3, 0.4) is 0 Å². The predicted molar refractivity (Wildman–Crippen MR) is 155 cm³/mol. The lowest BCUT2D eigenvalue weighted by Gasteiger charge is -2.20. The van der Waals surface area contributed by atoms with Gasteiger partial charge in [0.1, 0.15) is 0 Å². The molecule has 1 aliphatic rings. The summed E-state index contributed by atoms with van der Waals surface area (Å²) in [6.07, 6.45) is 2.58. The van der Waals surface area contributed by atoms with Gasteiger partial charge in [0.05, 0.1) is 11.4 Å². The fourth-order valence-corrected chi connectivity index (χ4v) is 4.99. The standard InChI is InChI=1S/C32H36N4/c1-23-20-29(36-18-6-7-19-36)16-17-30(23)26-21-31(24-8-12-27(13-9-24)34(2)3)33-32(22-26)25-10-14-28(15-11-25)35(4)5/h8-17,20-22H,6-7,18-19H2,1-5H3. The molecule has 184 valence electrons. The number of nitrogens with zero attached hydrogens (tertiary/aromatic N) is 4. The van der Waals surface area contributed by atoms with Crippen molar-refractivity contribution in [2.75, 3.05) is 56.0 Å². The van der Waals surface area contributed by atoms with E-state index in [4.69, 9.17) is 4.98 Å². The summed E-state index contributed by atoms with van der Waals surface area (Å²) >= 11 is 0. The molecule has 1 fully saturated rings. The van der Waals surface area contributed by atoms with Crippen molar-refractivity contribution >= 4 is 17.1 Å². The Bertz CT molecular complexity index is 1260. The molecule has 4 aromatic rings. The Morgan fingerprint density at radius 3 is 1.56 bits per heavy atom. The van der Waals surface area contributed by atoms with Crippen LogP contribution in [0.2, 0.25) is 0 Å². The smallest absolute Gasteiger partial charge is 0.0715 e. The molecule has 2 heterocycles. The van der Waals surface area contributed by atoms with E-state index in [2.05, 4.69) is 129 Å². The lowest BCUT2D eigenvalue weighted by Crippen LogP contribution is -2.17. The third kappa shape index (κ3) is 4.94. The molecule has 3 aromatic carbocycles. The summed E-state index contributed by atoms with van der Waals surface area (Å²) in [6, 6.07) is 28.7. The van der Waals surface area contributed by atoms with Crippen molar-refractivity contribution in [2.24, 2.45) is 0 Å². The lowest BCUT2D eigenvalue weighted by atomic mass is 9.96. The van der Waals surface area contributed by atoms with E-state index in [9.17, 15) is 0 Å². The Balaban J connectivity index is 1.60. The molecule has 0 amide bonds. The minimum atomic E-state index is 0.993. The Hall–Kier alpha value is -3.79. The van der Waals surface area contributed by atoms with Crippen molar-refractivity contribution in [3.8, 4) is 33.6 Å². The van der Waals surface area contributed by atoms with Gasteiger partial charge in [0.15, 0.2) is 0 Å². The predicted octanol–water partition coefficient (Wildman–Crippen LogP) is 7.12. The van der Waals surface area contributed by atoms with Gasteiger partial charge < -0.3 is 14.7 Å². The second-order valence-corrected chi connectivity index (χ2v) is 10.2. The zero-order valence-corrected chi connectivity index (χ0v) is 22.1. The molecule has 1 aromatic heterocycles. The highest BCUT2D eigenvalue weighted by atomic mass is 15.1. The molecule has 4 nitrogen and oxygen atoms in total. The van der Waals surface area contributed by atoms with E-state index in [-0.39, 0.29) is 0 Å². The van der Waals surface area contributed by atoms with Gasteiger partial charge >= 0.3 is 0 Å². The summed E-state index contributed by atoms with van der Waals surface area (Å²) in [6.45, 7) is 4.55. The van der Waals surface area contributed by atoms with Crippen molar-refractivity contribution in [3.05, 3.63) is 84.4 Å². The van der Waals surface area contributed by atoms with E-state index >= 15 is 0 Å². The fraction of sp³-hybridized carbons (Fsp3) is 0.281. The quantitative estimate of drug-likeness (QED) is 0.295. The molecule has 5 rings (SSSR count). The molecule has 0 spiro atoms. The highest BCUT2D eigenvalue weighted by molar-refractivity contribution is 5.79. The molecule has 1 aliphatic heterocycles. The van der Waals surface area contributed by atoms with Gasteiger partial charge in [-0.15, -0.1) is 0 Å². The maximum Gasteiger partial charge on any atom is 0.0715 e. The topological polar surface area (TPSA) is 22.6 Å². The zero-order valence-electron chi connectivity index (χ0n) is 22.1. The highest BCUT2D eigenvalue weighted by Crippen LogP contribution is 2.34. The van der Waals surface area contributed by atoms with Crippen LogP contribution in [-0.4, -0.2) is 46.3 Å². The summed E-state index contributed by atoms with van der Waals surface area (Å²) in [7, 11) is 8.27. The molecule has 1 saturated heterocycles. The van der Waals surface area contributed by atoms with E-state index in [1.165, 1.54) is 46.6 Å². The van der Waals surface area contributed by atoms with Crippen molar-refractivity contribution < 1.29 is 0 Å². The number of hydrogen-bond acceptors (Lipinski definition) is 4. The molecular formula is C32H36N4. The first kappa shape index (κ1) is 23.9. The largest absolute Gasteiger partial charge is 0.378 e. The average Bonchev–Trinajstić information content (AvgIpc) is 3.44. The third-order valence-corrected chi connectivity index (χ3v) is 7.18. The molecular weight excluding hydrogens is 440 g/mol. The van der Waals surface area contributed by atoms with E-state index in [1.807, 2.05) is 0 Å². The summed E-state index contributed by atoms with van der Waals surface area (Å²) in [5, 5.41) is 0. The molecule has 36 heavy (non-hydrogen) atoms. The second-order valence-electron chi connectivity index (χ2n) is 10.2. The molecule has 0 atom stereocenters. The molecule has 0 aliphatic carbocycles. The summed E-state index contributed by atoms with van der Waals surface area (Å²) in [5.74, 6) is 0. The van der Waals surface area contributed by atoms with E-state index < -0.39 is 0 Å². The Kier molecular flexibility index (Phi) is 6.69. The number of hydrogen-bond donors (Lipinski definition) is 0. The molecule has 0 saturated carbocycles. The zero-order chi connectivity index (χ0) is 25.2. The van der Waals surface area contributed by atoms with Crippen molar-refractivity contribution in [3.63, 3.8) is 0 Å². The summed E-state index contributed by atoms with van der Waals surface area (Å²) in [5.41, 5.74) is 11.7. The fourth-order valence-electron chi connectivity index (χ4n) is 4.99. The minimum Gasteiger partial charge on any atom is -0.378 e. The average molecular weight is 477 g/mol. The normalized spacial score (nSPS) is 13.2. The van der Waals surface area contributed by atoms with Gasteiger partial charge in [0.2, 0.25) is 0 Å². The van der Waals surface area contributed by atoms with Crippen molar-refractivity contribution in [1.82, 2.24) is 4.98 Å². The minimum absolute atomic E-state index is 0.993. The van der Waals surface area contributed by atoms with Crippen LogP contribution in [0.15, 0.2) is 78.9 Å². The molecule has 0 radical (unpaired) electrons. The van der Waals surface area contributed by atoms with Gasteiger partial charge in [0.25, 0.3) is 0 Å². The number of anilines is 3. The van der Waals surface area contributed by atoms with Crippen molar-refractivity contribution in [1.29, 1.82) is 0 Å². The first-order valence-electron chi connectivity index (χ1n) is 12.8. The van der Waals surface area contributed by atoms with Crippen LogP contribution in [0.25, 0.3) is 33.6 Å². The summed E-state index contributed by atoms with van der Waals surface area (Å²) < 4.78 is 0. The van der Waals surface area contributed by atoms with Crippen molar-refractivity contribution in [2.45, 2.75) is 19.8 Å². The Morgan fingerprint density at radius 1 is 0.611 bits per heavy atom. The SMILES string of the molecule is Cc1cc(N2CCCC2)ccc1-c1cc(-c2ccc(N(C)C)cc2)nc(-c2ccc(N(C)C)cc2)c1. The lowest BCUT2D eigenvalue weighted by molar-refractivity contribution is 0.949. The maximum atomic E-state index is 5.12. The van der Waals surface area contributed by atoms with Crippen LogP contribution >= 0.6 is 0 Å². The molecule has 4 heteroatoms. The molecule has 0 unspecified atom stereocenters. The number of aryl methyl sites for hydroxylation is 1. The van der Waals surface area contributed by atoms with Gasteiger partial charge in [0, 0.05) is 69.5 Å². The van der Waals surface area contributed by atoms with Crippen LogP contribution in [0.4, 0.5) is 17.1 Å². The number of benzene rings is 3.